The summed E-state index contributed by atoms with van der Waals surface area (Å²) in [5.74, 6) is -0.600. The van der Waals surface area contributed by atoms with Crippen molar-refractivity contribution in [2.24, 2.45) is 0 Å². The number of anilines is 1. The first kappa shape index (κ1) is 18.5. The number of nitrogens with one attached hydrogen (secondary N) is 1. The number of amides is 2. The maximum atomic E-state index is 12.8. The normalized spacial score (nSPS) is 19.1. The van der Waals surface area contributed by atoms with Crippen molar-refractivity contribution in [3.8, 4) is 0 Å². The van der Waals surface area contributed by atoms with Crippen LogP contribution in [0, 0.1) is 0 Å². The molecule has 0 spiro atoms. The second-order valence-corrected chi connectivity index (χ2v) is 7.72. The summed E-state index contributed by atoms with van der Waals surface area (Å²) in [6.07, 6.45) is 3.80. The van der Waals surface area contributed by atoms with Crippen molar-refractivity contribution in [2.75, 3.05) is 25.0 Å². The van der Waals surface area contributed by atoms with Gasteiger partial charge in [0.05, 0.1) is 6.54 Å². The van der Waals surface area contributed by atoms with E-state index in [9.17, 15) is 9.59 Å². The molecule has 0 saturated carbocycles. The number of aromatic nitrogens is 3. The third-order valence-corrected chi connectivity index (χ3v) is 5.40. The Kier molecular flexibility index (Phi) is 5.02. The Balaban J connectivity index is 1.45. The predicted molar refractivity (Wildman–Crippen MR) is 105 cm³/mol. The lowest BCUT2D eigenvalue weighted by molar-refractivity contribution is 0.0768. The van der Waals surface area contributed by atoms with E-state index in [0.29, 0.717) is 13.1 Å². The molecule has 148 valence electrons. The number of benzene rings is 1. The molecule has 1 saturated heterocycles. The van der Waals surface area contributed by atoms with Crippen LogP contribution in [0.15, 0.2) is 24.3 Å². The maximum absolute atomic E-state index is 12.8. The van der Waals surface area contributed by atoms with E-state index in [1.54, 1.807) is 11.9 Å². The van der Waals surface area contributed by atoms with Crippen LogP contribution in [0.5, 0.6) is 0 Å². The molecule has 2 aliphatic rings. The Morgan fingerprint density at radius 2 is 1.93 bits per heavy atom. The minimum absolute atomic E-state index is 0.0270. The third kappa shape index (κ3) is 3.58. The number of nitrogens with zero attached hydrogens (tertiary/aromatic N) is 5. The van der Waals surface area contributed by atoms with Crippen molar-refractivity contribution in [3.05, 3.63) is 41.2 Å². The number of piperidine rings is 1. The minimum Gasteiger partial charge on any atom is -0.372 e. The fourth-order valence-electron chi connectivity index (χ4n) is 3.90. The number of fused-ring (bicyclic) bond motifs is 1. The van der Waals surface area contributed by atoms with Gasteiger partial charge in [0.15, 0.2) is 11.4 Å². The molecule has 2 aliphatic heterocycles. The van der Waals surface area contributed by atoms with E-state index < -0.39 is 0 Å². The number of rotatable bonds is 4. The predicted octanol–water partition coefficient (Wildman–Crippen LogP) is 1.67. The van der Waals surface area contributed by atoms with Gasteiger partial charge in [-0.05, 0) is 43.9 Å². The van der Waals surface area contributed by atoms with E-state index in [2.05, 4.69) is 44.8 Å². The molecule has 0 radical (unpaired) electrons. The smallest absolute Gasteiger partial charge is 0.276 e. The second kappa shape index (κ2) is 7.61. The van der Waals surface area contributed by atoms with Crippen molar-refractivity contribution >= 4 is 17.5 Å². The average molecular weight is 382 g/mol. The zero-order valence-corrected chi connectivity index (χ0v) is 16.4. The van der Waals surface area contributed by atoms with Gasteiger partial charge >= 0.3 is 0 Å². The standard InChI is InChI=1S/C20H26N6O2/c1-14-12-26-18(19(27)21-14)17(22-23-26)20(28)24(2)13-15-6-8-16(9-7-15)25-10-4-3-5-11-25/h6-9,14H,3-5,10-13H2,1-2H3,(H,21,27). The van der Waals surface area contributed by atoms with Gasteiger partial charge in [-0.3, -0.25) is 9.59 Å². The van der Waals surface area contributed by atoms with Crippen molar-refractivity contribution in [2.45, 2.75) is 45.3 Å². The summed E-state index contributed by atoms with van der Waals surface area (Å²) in [5.41, 5.74) is 2.62. The average Bonchev–Trinajstić information content (AvgIpc) is 3.12. The number of carbonyl (C=O) groups is 2. The molecule has 3 heterocycles. The summed E-state index contributed by atoms with van der Waals surface area (Å²) in [7, 11) is 1.72. The van der Waals surface area contributed by atoms with Gasteiger partial charge in [0.1, 0.15) is 0 Å². The van der Waals surface area contributed by atoms with Gasteiger partial charge in [0.25, 0.3) is 11.8 Å². The molecular formula is C20H26N6O2. The molecule has 4 rings (SSSR count). The molecule has 0 bridgehead atoms. The molecule has 28 heavy (non-hydrogen) atoms. The molecule has 1 atom stereocenters. The maximum Gasteiger partial charge on any atom is 0.276 e. The van der Waals surface area contributed by atoms with E-state index in [4.69, 9.17) is 0 Å². The summed E-state index contributed by atoms with van der Waals surface area (Å²) in [6.45, 7) is 5.07. The summed E-state index contributed by atoms with van der Waals surface area (Å²) in [6, 6.07) is 8.33. The van der Waals surface area contributed by atoms with Crippen molar-refractivity contribution in [1.82, 2.24) is 25.2 Å². The highest BCUT2D eigenvalue weighted by molar-refractivity contribution is 6.05. The molecular weight excluding hydrogens is 356 g/mol. The van der Waals surface area contributed by atoms with E-state index in [0.717, 1.165) is 18.7 Å². The van der Waals surface area contributed by atoms with Gasteiger partial charge < -0.3 is 15.1 Å². The van der Waals surface area contributed by atoms with Crippen LogP contribution in [0.3, 0.4) is 0 Å². The minimum atomic E-state index is -0.300. The molecule has 1 aromatic carbocycles. The van der Waals surface area contributed by atoms with Gasteiger partial charge in [-0.15, -0.1) is 5.10 Å². The van der Waals surface area contributed by atoms with Crippen LogP contribution in [-0.2, 0) is 13.1 Å². The Bertz CT molecular complexity index is 869. The van der Waals surface area contributed by atoms with Crippen LogP contribution in [0.1, 0.15) is 52.7 Å². The first-order valence-corrected chi connectivity index (χ1v) is 9.86. The highest BCUT2D eigenvalue weighted by Crippen LogP contribution is 2.21. The first-order valence-electron chi connectivity index (χ1n) is 9.86. The number of hydrogen-bond donors (Lipinski definition) is 1. The summed E-state index contributed by atoms with van der Waals surface area (Å²) >= 11 is 0. The molecule has 1 unspecified atom stereocenters. The quantitative estimate of drug-likeness (QED) is 0.870. The topological polar surface area (TPSA) is 83.4 Å². The van der Waals surface area contributed by atoms with Gasteiger partial charge in [0.2, 0.25) is 0 Å². The van der Waals surface area contributed by atoms with Crippen molar-refractivity contribution < 1.29 is 9.59 Å². The Hall–Kier alpha value is -2.90. The second-order valence-electron chi connectivity index (χ2n) is 7.72. The molecule has 2 amide bonds. The van der Waals surface area contributed by atoms with Crippen LogP contribution in [0.2, 0.25) is 0 Å². The van der Waals surface area contributed by atoms with Crippen LogP contribution >= 0.6 is 0 Å². The monoisotopic (exact) mass is 382 g/mol. The van der Waals surface area contributed by atoms with Crippen LogP contribution in [0.4, 0.5) is 5.69 Å². The SMILES string of the molecule is CC1Cn2nnc(C(=O)N(C)Cc3ccc(N4CCCCC4)cc3)c2C(=O)N1. The summed E-state index contributed by atoms with van der Waals surface area (Å²) < 4.78 is 1.51. The van der Waals surface area contributed by atoms with Gasteiger partial charge in [-0.1, -0.05) is 17.3 Å². The van der Waals surface area contributed by atoms with Crippen LogP contribution < -0.4 is 10.2 Å². The zero-order valence-electron chi connectivity index (χ0n) is 16.4. The highest BCUT2D eigenvalue weighted by Gasteiger charge is 2.31. The van der Waals surface area contributed by atoms with Gasteiger partial charge in [-0.25, -0.2) is 4.68 Å². The van der Waals surface area contributed by atoms with Gasteiger partial charge in [0, 0.05) is 38.4 Å². The van der Waals surface area contributed by atoms with E-state index >= 15 is 0 Å². The molecule has 0 aliphatic carbocycles. The van der Waals surface area contributed by atoms with Crippen LogP contribution in [-0.4, -0.2) is 57.9 Å². The molecule has 1 fully saturated rings. The fraction of sp³-hybridized carbons (Fsp3) is 0.500. The lowest BCUT2D eigenvalue weighted by Gasteiger charge is -2.29. The summed E-state index contributed by atoms with van der Waals surface area (Å²) in [5, 5.41) is 10.8. The van der Waals surface area contributed by atoms with E-state index in [1.165, 1.54) is 29.6 Å². The molecule has 8 nitrogen and oxygen atoms in total. The highest BCUT2D eigenvalue weighted by atomic mass is 16.2. The third-order valence-electron chi connectivity index (χ3n) is 5.40. The molecule has 2 aromatic rings. The number of carbonyl (C=O) groups excluding carboxylic acids is 2. The Labute approximate surface area is 164 Å². The lowest BCUT2D eigenvalue weighted by atomic mass is 10.1. The fourth-order valence-corrected chi connectivity index (χ4v) is 3.90. The molecule has 1 aromatic heterocycles. The largest absolute Gasteiger partial charge is 0.372 e. The molecule has 8 heteroatoms. The van der Waals surface area contributed by atoms with Crippen molar-refractivity contribution in [3.63, 3.8) is 0 Å². The summed E-state index contributed by atoms with van der Waals surface area (Å²) in [4.78, 5) is 29.1. The zero-order chi connectivity index (χ0) is 19.7. The Morgan fingerprint density at radius 3 is 2.64 bits per heavy atom. The van der Waals surface area contributed by atoms with Gasteiger partial charge in [-0.2, -0.15) is 0 Å². The number of hydrogen-bond acceptors (Lipinski definition) is 5. The lowest BCUT2D eigenvalue weighted by Crippen LogP contribution is -2.43. The van der Waals surface area contributed by atoms with E-state index in [-0.39, 0.29) is 29.2 Å². The van der Waals surface area contributed by atoms with Crippen LogP contribution in [0.25, 0.3) is 0 Å². The van der Waals surface area contributed by atoms with E-state index in [1.807, 2.05) is 6.92 Å². The van der Waals surface area contributed by atoms with Crippen molar-refractivity contribution in [1.29, 1.82) is 0 Å². The Morgan fingerprint density at radius 1 is 1.21 bits per heavy atom. The molecule has 1 N–H and O–H groups in total. The first-order chi connectivity index (χ1) is 13.5.